The van der Waals surface area contributed by atoms with Gasteiger partial charge in [-0.3, -0.25) is 4.79 Å². The first-order valence-corrected chi connectivity index (χ1v) is 8.11. The molecule has 1 saturated carbocycles. The molecule has 0 bridgehead atoms. The Balaban J connectivity index is 1.99. The fourth-order valence-electron chi connectivity index (χ4n) is 3.27. The number of hydrogen-bond acceptors (Lipinski definition) is 8. The van der Waals surface area contributed by atoms with E-state index in [9.17, 15) is 40.2 Å². The summed E-state index contributed by atoms with van der Waals surface area (Å²) in [5.74, 6) is -4.48. The summed E-state index contributed by atoms with van der Waals surface area (Å²) in [5, 5.41) is 67.1. The Morgan fingerprint density at radius 1 is 1.08 bits per heavy atom. The summed E-state index contributed by atoms with van der Waals surface area (Å²) in [6.07, 6.45) is -3.77. The summed E-state index contributed by atoms with van der Waals surface area (Å²) < 4.78 is 0. The molecule has 0 radical (unpaired) electrons. The molecule has 0 aliphatic heterocycles. The molecule has 9 heteroatoms. The largest absolute Gasteiger partial charge is 0.504 e. The SMILES string of the molecule is O=C(CCc1cc(O)c(O)c(O)c1)C[C@@H]1C[C@](O)(C(=O)O)C[C@@H](O)[C@H]1O. The van der Waals surface area contributed by atoms with E-state index in [0.717, 1.165) is 0 Å². The van der Waals surface area contributed by atoms with Gasteiger partial charge in [-0.1, -0.05) is 0 Å². The first-order chi connectivity index (χ1) is 12.0. The number of carboxylic acid groups (broad SMARTS) is 1. The Kier molecular flexibility index (Phi) is 5.74. The molecular weight excluding hydrogens is 348 g/mol. The molecule has 1 fully saturated rings. The van der Waals surface area contributed by atoms with E-state index in [1.54, 1.807) is 0 Å². The molecule has 1 aliphatic carbocycles. The predicted octanol–water partition coefficient (Wildman–Crippen LogP) is -0.357. The Labute approximate surface area is 148 Å². The van der Waals surface area contributed by atoms with Crippen molar-refractivity contribution in [2.24, 2.45) is 5.92 Å². The molecule has 7 N–H and O–H groups in total. The number of hydrogen-bond donors (Lipinski definition) is 7. The fraction of sp³-hybridized carbons (Fsp3) is 0.529. The molecule has 1 aliphatic rings. The smallest absolute Gasteiger partial charge is 0.335 e. The number of aliphatic carboxylic acids is 1. The molecule has 1 aromatic rings. The van der Waals surface area contributed by atoms with Gasteiger partial charge in [-0.25, -0.2) is 4.79 Å². The molecule has 0 spiro atoms. The van der Waals surface area contributed by atoms with Gasteiger partial charge in [-0.2, -0.15) is 0 Å². The molecule has 4 atom stereocenters. The minimum Gasteiger partial charge on any atom is -0.504 e. The maximum absolute atomic E-state index is 12.2. The number of ketones is 1. The van der Waals surface area contributed by atoms with Crippen LogP contribution in [0.2, 0.25) is 0 Å². The number of aliphatic hydroxyl groups excluding tert-OH is 2. The molecule has 144 valence electrons. The molecule has 0 aromatic heterocycles. The molecule has 9 nitrogen and oxygen atoms in total. The zero-order valence-electron chi connectivity index (χ0n) is 13.9. The van der Waals surface area contributed by atoms with E-state index in [-0.39, 0.29) is 31.5 Å². The van der Waals surface area contributed by atoms with Crippen molar-refractivity contribution in [2.75, 3.05) is 0 Å². The number of Topliss-reactive ketones (excluding diaryl/α,β-unsaturated/α-hetero) is 1. The minimum absolute atomic E-state index is 0.0333. The van der Waals surface area contributed by atoms with Gasteiger partial charge < -0.3 is 35.7 Å². The number of carbonyl (C=O) groups is 2. The number of rotatable bonds is 6. The van der Waals surface area contributed by atoms with Crippen LogP contribution in [0.5, 0.6) is 17.2 Å². The quantitative estimate of drug-likeness (QED) is 0.330. The number of aromatic hydroxyl groups is 3. The standard InChI is InChI=1S/C17H22O9/c18-10(2-1-8-3-11(19)15(23)12(20)4-8)5-9-6-17(26,16(24)25)7-13(21)14(9)22/h3-4,9,13-14,19-23,26H,1-2,5-7H2,(H,24,25)/t9-,13-,14+,17-/m1/s1. The van der Waals surface area contributed by atoms with Gasteiger partial charge in [-0.15, -0.1) is 0 Å². The van der Waals surface area contributed by atoms with Gasteiger partial charge in [0.2, 0.25) is 0 Å². The third kappa shape index (κ3) is 4.24. The fourth-order valence-corrected chi connectivity index (χ4v) is 3.27. The van der Waals surface area contributed by atoms with Gasteiger partial charge >= 0.3 is 5.97 Å². The highest BCUT2D eigenvalue weighted by Crippen LogP contribution is 2.37. The van der Waals surface area contributed by atoms with Crippen LogP contribution >= 0.6 is 0 Å². The Hall–Kier alpha value is -2.36. The lowest BCUT2D eigenvalue weighted by Crippen LogP contribution is -2.54. The number of phenols is 3. The molecule has 0 heterocycles. The maximum atomic E-state index is 12.2. The molecule has 0 saturated heterocycles. The van der Waals surface area contributed by atoms with E-state index < -0.39 is 53.4 Å². The lowest BCUT2D eigenvalue weighted by Gasteiger charge is -2.39. The van der Waals surface area contributed by atoms with Crippen molar-refractivity contribution in [3.05, 3.63) is 17.7 Å². The molecule has 1 aromatic carbocycles. The van der Waals surface area contributed by atoms with Crippen molar-refractivity contribution in [3.8, 4) is 17.2 Å². The summed E-state index contributed by atoms with van der Waals surface area (Å²) in [6, 6.07) is 2.40. The maximum Gasteiger partial charge on any atom is 0.335 e. The molecule has 0 unspecified atom stereocenters. The van der Waals surface area contributed by atoms with Gasteiger partial charge in [0.15, 0.2) is 22.8 Å². The summed E-state index contributed by atoms with van der Waals surface area (Å²) in [5.41, 5.74) is -1.80. The summed E-state index contributed by atoms with van der Waals surface area (Å²) in [7, 11) is 0. The van der Waals surface area contributed by atoms with Gasteiger partial charge in [0.1, 0.15) is 5.78 Å². The Morgan fingerprint density at radius 3 is 2.19 bits per heavy atom. The van der Waals surface area contributed by atoms with Gasteiger partial charge in [0.25, 0.3) is 0 Å². The zero-order valence-corrected chi connectivity index (χ0v) is 13.9. The average Bonchev–Trinajstić information content (AvgIpc) is 2.55. The number of phenolic OH excluding ortho intramolecular Hbond substituents is 3. The van der Waals surface area contributed by atoms with Crippen molar-refractivity contribution in [3.63, 3.8) is 0 Å². The van der Waals surface area contributed by atoms with Crippen LogP contribution in [0.4, 0.5) is 0 Å². The highest BCUT2D eigenvalue weighted by molar-refractivity contribution is 5.80. The van der Waals surface area contributed by atoms with Crippen LogP contribution < -0.4 is 0 Å². The topological polar surface area (TPSA) is 176 Å². The van der Waals surface area contributed by atoms with Crippen LogP contribution in [0.1, 0.15) is 31.2 Å². The average molecular weight is 370 g/mol. The van der Waals surface area contributed by atoms with E-state index in [4.69, 9.17) is 5.11 Å². The number of benzene rings is 1. The Morgan fingerprint density at radius 2 is 1.65 bits per heavy atom. The predicted molar refractivity (Wildman–Crippen MR) is 86.7 cm³/mol. The summed E-state index contributed by atoms with van der Waals surface area (Å²) >= 11 is 0. The van der Waals surface area contributed by atoms with Crippen LogP contribution in [-0.2, 0) is 16.0 Å². The van der Waals surface area contributed by atoms with Gasteiger partial charge in [0, 0.05) is 19.3 Å². The van der Waals surface area contributed by atoms with Crippen LogP contribution in [-0.4, -0.2) is 65.3 Å². The number of carboxylic acids is 1. The second-order valence-corrected chi connectivity index (χ2v) is 6.79. The van der Waals surface area contributed by atoms with E-state index in [2.05, 4.69) is 0 Å². The Bertz CT molecular complexity index is 678. The zero-order chi connectivity index (χ0) is 19.6. The van der Waals surface area contributed by atoms with E-state index in [0.29, 0.717) is 5.56 Å². The summed E-state index contributed by atoms with van der Waals surface area (Å²) in [4.78, 5) is 23.3. The van der Waals surface area contributed by atoms with Crippen LogP contribution in [0.3, 0.4) is 0 Å². The van der Waals surface area contributed by atoms with Crippen LogP contribution in [0.25, 0.3) is 0 Å². The first kappa shape index (κ1) is 20.0. The second-order valence-electron chi connectivity index (χ2n) is 6.79. The van der Waals surface area contributed by atoms with E-state index in [1.165, 1.54) is 12.1 Å². The monoisotopic (exact) mass is 370 g/mol. The van der Waals surface area contributed by atoms with Crippen molar-refractivity contribution >= 4 is 11.8 Å². The molecule has 2 rings (SSSR count). The second kappa shape index (κ2) is 7.48. The molecule has 0 amide bonds. The molecule has 26 heavy (non-hydrogen) atoms. The van der Waals surface area contributed by atoms with Crippen molar-refractivity contribution in [1.82, 2.24) is 0 Å². The van der Waals surface area contributed by atoms with Crippen LogP contribution in [0.15, 0.2) is 12.1 Å². The van der Waals surface area contributed by atoms with Crippen LogP contribution in [0, 0.1) is 5.92 Å². The number of aryl methyl sites for hydroxylation is 1. The van der Waals surface area contributed by atoms with Crippen molar-refractivity contribution < 1.29 is 45.3 Å². The van der Waals surface area contributed by atoms with Gasteiger partial charge in [-0.05, 0) is 36.5 Å². The number of carbonyl (C=O) groups excluding carboxylic acids is 1. The van der Waals surface area contributed by atoms with Crippen molar-refractivity contribution in [2.45, 2.75) is 49.9 Å². The third-order valence-corrected chi connectivity index (χ3v) is 4.73. The van der Waals surface area contributed by atoms with E-state index in [1.807, 2.05) is 0 Å². The highest BCUT2D eigenvalue weighted by Gasteiger charge is 2.49. The lowest BCUT2D eigenvalue weighted by molar-refractivity contribution is -0.179. The third-order valence-electron chi connectivity index (χ3n) is 4.73. The first-order valence-electron chi connectivity index (χ1n) is 8.11. The van der Waals surface area contributed by atoms with E-state index >= 15 is 0 Å². The highest BCUT2D eigenvalue weighted by atomic mass is 16.4. The van der Waals surface area contributed by atoms with Gasteiger partial charge in [0.05, 0.1) is 12.2 Å². The molecular formula is C17H22O9. The normalized spacial score (nSPS) is 28.7. The number of aliphatic hydroxyl groups is 3. The minimum atomic E-state index is -2.20. The lowest BCUT2D eigenvalue weighted by atomic mass is 9.72. The summed E-state index contributed by atoms with van der Waals surface area (Å²) in [6.45, 7) is 0. The van der Waals surface area contributed by atoms with Crippen molar-refractivity contribution in [1.29, 1.82) is 0 Å².